The topological polar surface area (TPSA) is 81.1 Å². The maximum atomic E-state index is 13.6. The van der Waals surface area contributed by atoms with Gasteiger partial charge in [0.1, 0.15) is 11.5 Å². The largest absolute Gasteiger partial charge is 0.492 e. The van der Waals surface area contributed by atoms with Crippen molar-refractivity contribution in [1.29, 1.82) is 0 Å². The molecule has 9 heteroatoms. The second kappa shape index (κ2) is 6.95. The Bertz CT molecular complexity index is 899. The molecular weight excluding hydrogens is 332 g/mol. The van der Waals surface area contributed by atoms with Crippen molar-refractivity contribution in [2.24, 2.45) is 0 Å². The van der Waals surface area contributed by atoms with Gasteiger partial charge in [-0.05, 0) is 12.1 Å². The van der Waals surface area contributed by atoms with E-state index in [0.29, 0.717) is 6.07 Å². The summed E-state index contributed by atoms with van der Waals surface area (Å²) < 4.78 is 33.2. The fourth-order valence-corrected chi connectivity index (χ4v) is 2.12. The van der Waals surface area contributed by atoms with Crippen molar-refractivity contribution in [3.63, 3.8) is 0 Å². The quantitative estimate of drug-likeness (QED) is 0.694. The van der Waals surface area contributed by atoms with Gasteiger partial charge in [0.15, 0.2) is 17.3 Å². The number of hydrazine groups is 1. The Hall–Kier alpha value is -3.49. The molecule has 0 fully saturated rings. The highest BCUT2D eigenvalue weighted by molar-refractivity contribution is 5.92. The lowest BCUT2D eigenvalue weighted by atomic mass is 10.2. The molecule has 25 heavy (non-hydrogen) atoms. The molecule has 1 amide bonds. The SMILES string of the molecule is COc1c(F)cc(F)cc1NNC(=O)c1cn(-c2ccccc2)nn1. The van der Waals surface area contributed by atoms with Gasteiger partial charge in [0, 0.05) is 12.1 Å². The van der Waals surface area contributed by atoms with Crippen LogP contribution in [0, 0.1) is 11.6 Å². The number of rotatable bonds is 5. The summed E-state index contributed by atoms with van der Waals surface area (Å²) in [5, 5.41) is 7.62. The van der Waals surface area contributed by atoms with Gasteiger partial charge in [-0.2, -0.15) is 0 Å². The number of carbonyl (C=O) groups excluding carboxylic acids is 1. The molecule has 1 heterocycles. The fraction of sp³-hybridized carbons (Fsp3) is 0.0625. The van der Waals surface area contributed by atoms with E-state index < -0.39 is 17.5 Å². The fourth-order valence-electron chi connectivity index (χ4n) is 2.12. The van der Waals surface area contributed by atoms with Crippen LogP contribution < -0.4 is 15.6 Å². The van der Waals surface area contributed by atoms with Crippen molar-refractivity contribution in [1.82, 2.24) is 20.4 Å². The van der Waals surface area contributed by atoms with Crippen LogP contribution >= 0.6 is 0 Å². The van der Waals surface area contributed by atoms with Crippen LogP contribution in [0.15, 0.2) is 48.7 Å². The molecule has 0 aliphatic rings. The molecule has 0 saturated heterocycles. The zero-order chi connectivity index (χ0) is 17.8. The Morgan fingerprint density at radius 2 is 1.96 bits per heavy atom. The molecule has 7 nitrogen and oxygen atoms in total. The number of amides is 1. The smallest absolute Gasteiger partial charge is 0.291 e. The third-order valence-electron chi connectivity index (χ3n) is 3.27. The Kier molecular flexibility index (Phi) is 4.55. The average molecular weight is 345 g/mol. The van der Waals surface area contributed by atoms with E-state index in [1.165, 1.54) is 18.0 Å². The molecule has 0 unspecified atom stereocenters. The van der Waals surface area contributed by atoms with Crippen LogP contribution in [0.2, 0.25) is 0 Å². The summed E-state index contributed by atoms with van der Waals surface area (Å²) in [6, 6.07) is 10.8. The first kappa shape index (κ1) is 16.4. The number of hydrogen-bond acceptors (Lipinski definition) is 5. The molecule has 0 aliphatic carbocycles. The molecule has 0 radical (unpaired) electrons. The third kappa shape index (κ3) is 3.55. The number of halogens is 2. The second-order valence-corrected chi connectivity index (χ2v) is 4.93. The standard InChI is InChI=1S/C16H13F2N5O2/c1-25-15-12(18)7-10(17)8-13(15)19-21-16(24)14-9-23(22-20-14)11-5-3-2-4-6-11/h2-9,19H,1H3,(H,21,24). The Morgan fingerprint density at radius 1 is 1.20 bits per heavy atom. The summed E-state index contributed by atoms with van der Waals surface area (Å²) in [6.45, 7) is 0. The lowest BCUT2D eigenvalue weighted by molar-refractivity contribution is 0.0957. The van der Waals surface area contributed by atoms with Crippen LogP contribution in [-0.2, 0) is 0 Å². The Morgan fingerprint density at radius 3 is 2.68 bits per heavy atom. The summed E-state index contributed by atoms with van der Waals surface area (Å²) >= 11 is 0. The lowest BCUT2D eigenvalue weighted by Gasteiger charge is -2.12. The van der Waals surface area contributed by atoms with E-state index in [9.17, 15) is 13.6 Å². The maximum Gasteiger partial charge on any atom is 0.291 e. The van der Waals surface area contributed by atoms with Crippen molar-refractivity contribution >= 4 is 11.6 Å². The van der Waals surface area contributed by atoms with Crippen molar-refractivity contribution in [2.75, 3.05) is 12.5 Å². The predicted molar refractivity (Wildman–Crippen MR) is 85.4 cm³/mol. The summed E-state index contributed by atoms with van der Waals surface area (Å²) in [5.41, 5.74) is 5.39. The number of nitrogens with zero attached hydrogens (tertiary/aromatic N) is 3. The number of benzene rings is 2. The monoisotopic (exact) mass is 345 g/mol. The molecule has 0 aliphatic heterocycles. The molecule has 0 spiro atoms. The van der Waals surface area contributed by atoms with E-state index in [1.54, 1.807) is 12.1 Å². The number of anilines is 1. The molecule has 128 valence electrons. The lowest BCUT2D eigenvalue weighted by Crippen LogP contribution is -2.30. The van der Waals surface area contributed by atoms with Crippen LogP contribution in [0.3, 0.4) is 0 Å². The molecular formula is C16H13F2N5O2. The highest BCUT2D eigenvalue weighted by Crippen LogP contribution is 2.28. The first-order valence-corrected chi connectivity index (χ1v) is 7.15. The van der Waals surface area contributed by atoms with E-state index in [4.69, 9.17) is 4.74 Å². The van der Waals surface area contributed by atoms with E-state index in [1.807, 2.05) is 18.2 Å². The number of para-hydroxylation sites is 1. The minimum absolute atomic E-state index is 0.0206. The second-order valence-electron chi connectivity index (χ2n) is 4.93. The average Bonchev–Trinajstić information content (AvgIpc) is 3.10. The molecule has 0 bridgehead atoms. The normalized spacial score (nSPS) is 10.4. The number of aromatic nitrogens is 3. The van der Waals surface area contributed by atoms with Crippen LogP contribution in [0.4, 0.5) is 14.5 Å². The van der Waals surface area contributed by atoms with Gasteiger partial charge in [0.25, 0.3) is 5.91 Å². The highest BCUT2D eigenvalue weighted by Gasteiger charge is 2.15. The first-order valence-electron chi connectivity index (χ1n) is 7.15. The van der Waals surface area contributed by atoms with Crippen molar-refractivity contribution in [2.45, 2.75) is 0 Å². The molecule has 3 aromatic rings. The predicted octanol–water partition coefficient (Wildman–Crippen LogP) is 2.31. The van der Waals surface area contributed by atoms with E-state index >= 15 is 0 Å². The van der Waals surface area contributed by atoms with Crippen molar-refractivity contribution in [3.05, 3.63) is 66.0 Å². The van der Waals surface area contributed by atoms with E-state index in [2.05, 4.69) is 21.2 Å². The summed E-state index contributed by atoms with van der Waals surface area (Å²) in [7, 11) is 1.23. The Balaban J connectivity index is 1.73. The summed E-state index contributed by atoms with van der Waals surface area (Å²) in [4.78, 5) is 12.1. The highest BCUT2D eigenvalue weighted by atomic mass is 19.1. The van der Waals surface area contributed by atoms with Crippen molar-refractivity contribution in [3.8, 4) is 11.4 Å². The minimum atomic E-state index is -0.894. The van der Waals surface area contributed by atoms with Crippen molar-refractivity contribution < 1.29 is 18.3 Å². The number of ether oxygens (including phenoxy) is 1. The number of methoxy groups -OCH3 is 1. The molecule has 1 aromatic heterocycles. The van der Waals surface area contributed by atoms with Gasteiger partial charge in [0.05, 0.1) is 19.0 Å². The third-order valence-corrected chi connectivity index (χ3v) is 3.27. The van der Waals surface area contributed by atoms with Gasteiger partial charge >= 0.3 is 0 Å². The zero-order valence-corrected chi connectivity index (χ0v) is 13.0. The number of nitrogens with one attached hydrogen (secondary N) is 2. The zero-order valence-electron chi connectivity index (χ0n) is 13.0. The minimum Gasteiger partial charge on any atom is -0.492 e. The van der Waals surface area contributed by atoms with Gasteiger partial charge in [0.2, 0.25) is 0 Å². The molecule has 3 rings (SSSR count). The van der Waals surface area contributed by atoms with Gasteiger partial charge in [-0.3, -0.25) is 15.6 Å². The number of hydrogen-bond donors (Lipinski definition) is 2. The molecule has 2 aromatic carbocycles. The summed E-state index contributed by atoms with van der Waals surface area (Å²) in [6.07, 6.45) is 1.43. The van der Waals surface area contributed by atoms with Crippen LogP contribution in [0.25, 0.3) is 5.69 Å². The maximum absolute atomic E-state index is 13.6. The van der Waals surface area contributed by atoms with Crippen LogP contribution in [0.5, 0.6) is 5.75 Å². The number of carbonyl (C=O) groups is 1. The molecule has 0 saturated carbocycles. The first-order chi connectivity index (χ1) is 12.1. The van der Waals surface area contributed by atoms with E-state index in [0.717, 1.165) is 11.8 Å². The Labute approximate surface area is 141 Å². The molecule has 2 N–H and O–H groups in total. The van der Waals surface area contributed by atoms with Gasteiger partial charge in [-0.1, -0.05) is 23.4 Å². The van der Waals surface area contributed by atoms with Crippen LogP contribution in [-0.4, -0.2) is 28.0 Å². The molecule has 0 atom stereocenters. The van der Waals surface area contributed by atoms with Gasteiger partial charge in [-0.15, -0.1) is 5.10 Å². The van der Waals surface area contributed by atoms with E-state index in [-0.39, 0.29) is 17.1 Å². The van der Waals surface area contributed by atoms with Crippen LogP contribution in [0.1, 0.15) is 10.5 Å². The van der Waals surface area contributed by atoms with Gasteiger partial charge < -0.3 is 4.74 Å². The summed E-state index contributed by atoms with van der Waals surface area (Å²) in [5.74, 6) is -2.57. The van der Waals surface area contributed by atoms with Gasteiger partial charge in [-0.25, -0.2) is 13.5 Å².